The van der Waals surface area contributed by atoms with Gasteiger partial charge in [0.05, 0.1) is 21.1 Å². The van der Waals surface area contributed by atoms with E-state index in [4.69, 9.17) is 5.73 Å². The number of hydrogen-bond donors (Lipinski definition) is 1. The largest absolute Gasteiger partial charge is 0.319 e. The zero-order valence-electron chi connectivity index (χ0n) is 10.0. The SMILES string of the molecule is CC(C)c1nnsc1C(N)c1cccc(Br)c1F. The van der Waals surface area contributed by atoms with E-state index < -0.39 is 6.04 Å². The van der Waals surface area contributed by atoms with Gasteiger partial charge in [-0.1, -0.05) is 30.5 Å². The molecule has 0 saturated heterocycles. The number of hydrogen-bond acceptors (Lipinski definition) is 4. The van der Waals surface area contributed by atoms with E-state index in [-0.39, 0.29) is 11.7 Å². The molecule has 0 fully saturated rings. The van der Waals surface area contributed by atoms with Crippen molar-refractivity contribution < 1.29 is 4.39 Å². The van der Waals surface area contributed by atoms with Crippen LogP contribution < -0.4 is 5.73 Å². The summed E-state index contributed by atoms with van der Waals surface area (Å²) < 4.78 is 18.3. The van der Waals surface area contributed by atoms with Gasteiger partial charge in [-0.3, -0.25) is 0 Å². The molecule has 1 aromatic heterocycles. The van der Waals surface area contributed by atoms with Gasteiger partial charge in [-0.25, -0.2) is 4.39 Å². The van der Waals surface area contributed by atoms with E-state index in [0.29, 0.717) is 10.0 Å². The third-order valence-corrected chi connectivity index (χ3v) is 4.12. The van der Waals surface area contributed by atoms with Crippen LogP contribution in [0.2, 0.25) is 0 Å². The van der Waals surface area contributed by atoms with Gasteiger partial charge in [0, 0.05) is 5.56 Å². The first-order valence-electron chi connectivity index (χ1n) is 5.54. The summed E-state index contributed by atoms with van der Waals surface area (Å²) in [7, 11) is 0. The minimum absolute atomic E-state index is 0.222. The van der Waals surface area contributed by atoms with E-state index in [9.17, 15) is 4.39 Å². The molecule has 2 aromatic rings. The molecule has 0 spiro atoms. The highest BCUT2D eigenvalue weighted by atomic mass is 79.9. The van der Waals surface area contributed by atoms with Crippen LogP contribution in [0, 0.1) is 5.82 Å². The van der Waals surface area contributed by atoms with E-state index in [0.717, 1.165) is 10.6 Å². The Balaban J connectivity index is 2.45. The molecule has 1 atom stereocenters. The molecule has 0 aliphatic carbocycles. The second-order valence-corrected chi connectivity index (χ2v) is 5.94. The number of halogens is 2. The van der Waals surface area contributed by atoms with E-state index in [1.807, 2.05) is 13.8 Å². The monoisotopic (exact) mass is 329 g/mol. The average Bonchev–Trinajstić information content (AvgIpc) is 2.81. The first-order valence-corrected chi connectivity index (χ1v) is 7.10. The maximum Gasteiger partial charge on any atom is 0.142 e. The zero-order chi connectivity index (χ0) is 13.3. The zero-order valence-corrected chi connectivity index (χ0v) is 12.4. The van der Waals surface area contributed by atoms with Crippen molar-refractivity contribution in [1.29, 1.82) is 0 Å². The van der Waals surface area contributed by atoms with Crippen LogP contribution in [0.1, 0.15) is 41.9 Å². The van der Waals surface area contributed by atoms with Crippen molar-refractivity contribution >= 4 is 27.5 Å². The standard InChI is InChI=1S/C12H13BrFN3S/c1-6(2)11-12(18-17-16-11)10(15)7-4-3-5-8(13)9(7)14/h3-6,10H,15H2,1-2H3. The second kappa shape index (κ2) is 5.42. The molecule has 96 valence electrons. The summed E-state index contributed by atoms with van der Waals surface area (Å²) in [6.45, 7) is 4.04. The van der Waals surface area contributed by atoms with Crippen molar-refractivity contribution in [3.8, 4) is 0 Å². The molecule has 0 radical (unpaired) electrons. The molecule has 18 heavy (non-hydrogen) atoms. The Kier molecular flexibility index (Phi) is 4.09. The molecule has 6 heteroatoms. The lowest BCUT2D eigenvalue weighted by molar-refractivity contribution is 0.593. The van der Waals surface area contributed by atoms with Gasteiger partial charge in [-0.15, -0.1) is 5.10 Å². The number of benzene rings is 1. The van der Waals surface area contributed by atoms with Gasteiger partial charge in [-0.2, -0.15) is 0 Å². The van der Waals surface area contributed by atoms with Crippen molar-refractivity contribution in [3.05, 3.63) is 44.6 Å². The topological polar surface area (TPSA) is 51.8 Å². The Hall–Kier alpha value is -0.850. The van der Waals surface area contributed by atoms with Crippen molar-refractivity contribution in [2.75, 3.05) is 0 Å². The number of nitrogens with zero attached hydrogens (tertiary/aromatic N) is 2. The first kappa shape index (κ1) is 13.6. The lowest BCUT2D eigenvalue weighted by Crippen LogP contribution is -2.14. The lowest BCUT2D eigenvalue weighted by atomic mass is 10.0. The van der Waals surface area contributed by atoms with Crippen LogP contribution in [0.15, 0.2) is 22.7 Å². The maximum absolute atomic E-state index is 14.0. The average molecular weight is 330 g/mol. The molecule has 2 N–H and O–H groups in total. The molecule has 1 aromatic carbocycles. The Morgan fingerprint density at radius 1 is 1.39 bits per heavy atom. The van der Waals surface area contributed by atoms with Gasteiger partial charge in [0.25, 0.3) is 0 Å². The third-order valence-electron chi connectivity index (χ3n) is 2.69. The molecular weight excluding hydrogens is 317 g/mol. The maximum atomic E-state index is 14.0. The Labute approximate surface area is 118 Å². The molecule has 0 aliphatic rings. The molecule has 0 amide bonds. The fourth-order valence-corrected chi connectivity index (χ4v) is 2.93. The van der Waals surface area contributed by atoms with E-state index in [1.54, 1.807) is 18.2 Å². The second-order valence-electron chi connectivity index (χ2n) is 4.30. The molecule has 0 aliphatic heterocycles. The lowest BCUT2D eigenvalue weighted by Gasteiger charge is -2.14. The summed E-state index contributed by atoms with van der Waals surface area (Å²) in [5.41, 5.74) is 7.43. The quantitative estimate of drug-likeness (QED) is 0.935. The van der Waals surface area contributed by atoms with Crippen molar-refractivity contribution in [3.63, 3.8) is 0 Å². The molecule has 2 rings (SSSR count). The van der Waals surface area contributed by atoms with E-state index >= 15 is 0 Å². The molecule has 1 heterocycles. The van der Waals surface area contributed by atoms with Crippen LogP contribution in [0.4, 0.5) is 4.39 Å². The molecule has 0 bridgehead atoms. The summed E-state index contributed by atoms with van der Waals surface area (Å²) >= 11 is 4.39. The van der Waals surface area contributed by atoms with Crippen molar-refractivity contribution in [2.45, 2.75) is 25.8 Å². The molecule has 3 nitrogen and oxygen atoms in total. The number of rotatable bonds is 3. The highest BCUT2D eigenvalue weighted by Gasteiger charge is 2.22. The van der Waals surface area contributed by atoms with Gasteiger partial charge in [0.15, 0.2) is 0 Å². The number of aromatic nitrogens is 2. The highest BCUT2D eigenvalue weighted by Crippen LogP contribution is 2.32. The van der Waals surface area contributed by atoms with Crippen molar-refractivity contribution in [1.82, 2.24) is 9.59 Å². The highest BCUT2D eigenvalue weighted by molar-refractivity contribution is 9.10. The molecular formula is C12H13BrFN3S. The van der Waals surface area contributed by atoms with Gasteiger partial charge in [0.1, 0.15) is 5.82 Å². The van der Waals surface area contributed by atoms with Crippen LogP contribution in [0.3, 0.4) is 0 Å². The Bertz CT molecular complexity index is 556. The van der Waals surface area contributed by atoms with Crippen LogP contribution in [-0.4, -0.2) is 9.59 Å². The fraction of sp³-hybridized carbons (Fsp3) is 0.333. The summed E-state index contributed by atoms with van der Waals surface area (Å²) in [5.74, 6) is -0.104. The van der Waals surface area contributed by atoms with E-state index in [1.165, 1.54) is 11.5 Å². The van der Waals surface area contributed by atoms with Gasteiger partial charge < -0.3 is 5.73 Å². The Morgan fingerprint density at radius 2 is 2.11 bits per heavy atom. The minimum atomic E-state index is -0.528. The van der Waals surface area contributed by atoms with Gasteiger partial charge in [0.2, 0.25) is 0 Å². The minimum Gasteiger partial charge on any atom is -0.319 e. The van der Waals surface area contributed by atoms with Gasteiger partial charge >= 0.3 is 0 Å². The molecule has 0 saturated carbocycles. The normalized spacial score (nSPS) is 13.0. The summed E-state index contributed by atoms with van der Waals surface area (Å²) in [5, 5.41) is 4.07. The van der Waals surface area contributed by atoms with Gasteiger partial charge in [-0.05, 0) is 39.4 Å². The third kappa shape index (κ3) is 2.46. The van der Waals surface area contributed by atoms with Crippen LogP contribution in [0.5, 0.6) is 0 Å². The molecule has 1 unspecified atom stereocenters. The first-order chi connectivity index (χ1) is 8.52. The predicted molar refractivity (Wildman–Crippen MR) is 74.1 cm³/mol. The summed E-state index contributed by atoms with van der Waals surface area (Å²) in [4.78, 5) is 0.821. The van der Waals surface area contributed by atoms with Crippen LogP contribution >= 0.6 is 27.5 Å². The van der Waals surface area contributed by atoms with Crippen molar-refractivity contribution in [2.24, 2.45) is 5.73 Å². The van der Waals surface area contributed by atoms with Crippen LogP contribution in [0.25, 0.3) is 0 Å². The predicted octanol–water partition coefficient (Wildman–Crippen LogP) is 3.61. The number of nitrogens with two attached hydrogens (primary N) is 1. The fourth-order valence-electron chi connectivity index (χ4n) is 1.72. The summed E-state index contributed by atoms with van der Waals surface area (Å²) in [6, 6.07) is 4.58. The van der Waals surface area contributed by atoms with Crippen LogP contribution in [-0.2, 0) is 0 Å². The van der Waals surface area contributed by atoms with E-state index in [2.05, 4.69) is 25.5 Å². The summed E-state index contributed by atoms with van der Waals surface area (Å²) in [6.07, 6.45) is 0. The smallest absolute Gasteiger partial charge is 0.142 e. The Morgan fingerprint density at radius 3 is 2.78 bits per heavy atom.